The topological polar surface area (TPSA) is 130 Å². The minimum Gasteiger partial charge on any atom is -0.444 e. The molecule has 1 saturated heterocycles. The standard InChI is InChI=1S/C22H27N3O6/c1-22(2,3)31-21(30)25-8-6-13(7-9-25)10-17(27)19-23-16-11-14(18(28)12-26)4-5-15(16)20(29)24-19/h4-5,11,13,26H,6-10,12H2,1-3H3,(H,23,24,29). The lowest BCUT2D eigenvalue weighted by Gasteiger charge is -2.33. The lowest BCUT2D eigenvalue weighted by atomic mass is 9.91. The van der Waals surface area contributed by atoms with E-state index in [0.29, 0.717) is 25.9 Å². The number of H-pyrrole nitrogens is 1. The Balaban J connectivity index is 1.67. The number of ketones is 2. The van der Waals surface area contributed by atoms with Crippen LogP contribution in [0.4, 0.5) is 4.79 Å². The average molecular weight is 429 g/mol. The van der Waals surface area contributed by atoms with Crippen LogP contribution in [0.3, 0.4) is 0 Å². The Labute approximate surface area is 179 Å². The first-order valence-corrected chi connectivity index (χ1v) is 10.3. The molecule has 0 bridgehead atoms. The molecule has 9 heteroatoms. The van der Waals surface area contributed by atoms with Gasteiger partial charge in [-0.1, -0.05) is 6.07 Å². The highest BCUT2D eigenvalue weighted by atomic mass is 16.6. The largest absolute Gasteiger partial charge is 0.444 e. The molecule has 0 spiro atoms. The van der Waals surface area contributed by atoms with E-state index in [2.05, 4.69) is 9.97 Å². The lowest BCUT2D eigenvalue weighted by molar-refractivity contribution is 0.0183. The van der Waals surface area contributed by atoms with Crippen LogP contribution in [0.25, 0.3) is 10.9 Å². The molecule has 0 radical (unpaired) electrons. The summed E-state index contributed by atoms with van der Waals surface area (Å²) >= 11 is 0. The number of amides is 1. The summed E-state index contributed by atoms with van der Waals surface area (Å²) in [7, 11) is 0. The SMILES string of the molecule is CC(C)(C)OC(=O)N1CCC(CC(=O)c2nc3cc(C(=O)CO)ccc3c(=O)[nH]2)CC1. The summed E-state index contributed by atoms with van der Waals surface area (Å²) in [5.74, 6) is -0.780. The van der Waals surface area contributed by atoms with Crippen molar-refractivity contribution in [1.82, 2.24) is 14.9 Å². The Morgan fingerprint density at radius 3 is 2.48 bits per heavy atom. The van der Waals surface area contributed by atoms with Crippen LogP contribution in [0.1, 0.15) is 61.0 Å². The van der Waals surface area contributed by atoms with Gasteiger partial charge in [0.1, 0.15) is 12.2 Å². The van der Waals surface area contributed by atoms with Crippen molar-refractivity contribution in [2.45, 2.75) is 45.6 Å². The lowest BCUT2D eigenvalue weighted by Crippen LogP contribution is -2.42. The van der Waals surface area contributed by atoms with E-state index in [9.17, 15) is 19.2 Å². The Morgan fingerprint density at radius 2 is 1.87 bits per heavy atom. The number of ether oxygens (including phenoxy) is 1. The number of likely N-dealkylation sites (tertiary alicyclic amines) is 1. The smallest absolute Gasteiger partial charge is 0.410 e. The van der Waals surface area contributed by atoms with E-state index in [1.54, 1.807) is 4.90 Å². The number of nitrogens with one attached hydrogen (secondary N) is 1. The molecule has 2 heterocycles. The summed E-state index contributed by atoms with van der Waals surface area (Å²) in [6.45, 7) is 5.80. The minimum absolute atomic E-state index is 0.0549. The first-order chi connectivity index (χ1) is 14.6. The number of aliphatic hydroxyl groups excluding tert-OH is 1. The van der Waals surface area contributed by atoms with Crippen molar-refractivity contribution >= 4 is 28.6 Å². The third-order valence-electron chi connectivity index (χ3n) is 5.18. The maximum Gasteiger partial charge on any atom is 0.410 e. The molecule has 0 atom stereocenters. The molecular formula is C22H27N3O6. The molecule has 1 aromatic heterocycles. The molecule has 0 unspecified atom stereocenters. The molecule has 0 aliphatic carbocycles. The summed E-state index contributed by atoms with van der Waals surface area (Å²) in [4.78, 5) is 57.4. The van der Waals surface area contributed by atoms with Crippen LogP contribution in [0, 0.1) is 5.92 Å². The number of carbonyl (C=O) groups excluding carboxylic acids is 3. The predicted octanol–water partition coefficient (Wildman–Crippen LogP) is 2.32. The van der Waals surface area contributed by atoms with Crippen molar-refractivity contribution in [2.75, 3.05) is 19.7 Å². The number of hydrogen-bond donors (Lipinski definition) is 2. The number of aromatic nitrogens is 2. The number of aliphatic hydroxyl groups is 1. The number of benzene rings is 1. The first kappa shape index (κ1) is 22.6. The molecule has 1 aliphatic heterocycles. The van der Waals surface area contributed by atoms with Gasteiger partial charge in [-0.05, 0) is 51.7 Å². The molecule has 1 aliphatic rings. The Bertz CT molecular complexity index is 1060. The summed E-state index contributed by atoms with van der Waals surface area (Å²) in [5.41, 5.74) is -0.567. The second-order valence-electron chi connectivity index (χ2n) is 8.77. The van der Waals surface area contributed by atoms with E-state index in [-0.39, 0.29) is 46.5 Å². The van der Waals surface area contributed by atoms with E-state index < -0.39 is 23.6 Å². The minimum atomic E-state index is -0.650. The maximum atomic E-state index is 12.7. The molecule has 1 amide bonds. The van der Waals surface area contributed by atoms with Crippen LogP contribution in [-0.2, 0) is 4.74 Å². The number of Topliss-reactive ketones (excluding diaryl/α,β-unsaturated/α-hetero) is 2. The number of rotatable bonds is 5. The number of piperidine rings is 1. The van der Waals surface area contributed by atoms with Gasteiger partial charge in [-0.25, -0.2) is 9.78 Å². The van der Waals surface area contributed by atoms with Crippen molar-refractivity contribution in [3.8, 4) is 0 Å². The van der Waals surface area contributed by atoms with Crippen molar-refractivity contribution in [3.05, 3.63) is 39.9 Å². The predicted molar refractivity (Wildman–Crippen MR) is 113 cm³/mol. The number of fused-ring (bicyclic) bond motifs is 1. The van der Waals surface area contributed by atoms with E-state index in [0.717, 1.165) is 0 Å². The third kappa shape index (κ3) is 5.55. The normalized spacial score (nSPS) is 15.2. The second kappa shape index (κ2) is 8.97. The second-order valence-corrected chi connectivity index (χ2v) is 8.77. The van der Waals surface area contributed by atoms with Crippen molar-refractivity contribution in [2.24, 2.45) is 5.92 Å². The van der Waals surface area contributed by atoms with Gasteiger partial charge in [0.15, 0.2) is 17.4 Å². The summed E-state index contributed by atoms with van der Waals surface area (Å²) in [5, 5.41) is 9.28. The highest BCUT2D eigenvalue weighted by Crippen LogP contribution is 2.23. The highest BCUT2D eigenvalue weighted by Gasteiger charge is 2.28. The summed E-state index contributed by atoms with van der Waals surface area (Å²) < 4.78 is 5.38. The van der Waals surface area contributed by atoms with Crippen molar-refractivity contribution < 1.29 is 24.2 Å². The van der Waals surface area contributed by atoms with Gasteiger partial charge in [0.05, 0.1) is 10.9 Å². The van der Waals surface area contributed by atoms with Crippen LogP contribution in [0.2, 0.25) is 0 Å². The fourth-order valence-electron chi connectivity index (χ4n) is 3.54. The van der Waals surface area contributed by atoms with Gasteiger partial charge in [0.25, 0.3) is 5.56 Å². The molecule has 2 aromatic rings. The molecular weight excluding hydrogens is 402 g/mol. The molecule has 0 saturated carbocycles. The zero-order valence-corrected chi connectivity index (χ0v) is 17.9. The van der Waals surface area contributed by atoms with E-state index in [1.807, 2.05) is 20.8 Å². The Hall–Kier alpha value is -3.07. The molecule has 1 aromatic carbocycles. The third-order valence-corrected chi connectivity index (χ3v) is 5.18. The summed E-state index contributed by atoms with van der Waals surface area (Å²) in [6, 6.07) is 4.29. The average Bonchev–Trinajstić information content (AvgIpc) is 2.71. The molecule has 166 valence electrons. The zero-order valence-electron chi connectivity index (χ0n) is 17.9. The molecule has 9 nitrogen and oxygen atoms in total. The number of nitrogens with zero attached hydrogens (tertiary/aromatic N) is 2. The first-order valence-electron chi connectivity index (χ1n) is 10.3. The van der Waals surface area contributed by atoms with Crippen molar-refractivity contribution in [1.29, 1.82) is 0 Å². The Kier molecular flexibility index (Phi) is 6.54. The molecule has 1 fully saturated rings. The van der Waals surface area contributed by atoms with Gasteiger partial charge in [0, 0.05) is 25.1 Å². The van der Waals surface area contributed by atoms with Crippen molar-refractivity contribution in [3.63, 3.8) is 0 Å². The van der Waals surface area contributed by atoms with Crippen LogP contribution in [0.15, 0.2) is 23.0 Å². The zero-order chi connectivity index (χ0) is 22.8. The van der Waals surface area contributed by atoms with Gasteiger partial charge in [-0.2, -0.15) is 0 Å². The van der Waals surface area contributed by atoms with Gasteiger partial charge in [-0.15, -0.1) is 0 Å². The quantitative estimate of drug-likeness (QED) is 0.698. The van der Waals surface area contributed by atoms with E-state index in [1.165, 1.54) is 18.2 Å². The summed E-state index contributed by atoms with van der Waals surface area (Å²) in [6.07, 6.45) is 1.15. The fourth-order valence-corrected chi connectivity index (χ4v) is 3.54. The number of hydrogen-bond acceptors (Lipinski definition) is 7. The van der Waals surface area contributed by atoms with E-state index >= 15 is 0 Å². The van der Waals surface area contributed by atoms with E-state index in [4.69, 9.17) is 9.84 Å². The monoisotopic (exact) mass is 429 g/mol. The van der Waals surface area contributed by atoms with Gasteiger partial charge >= 0.3 is 6.09 Å². The van der Waals surface area contributed by atoms with Gasteiger partial charge in [0.2, 0.25) is 0 Å². The maximum absolute atomic E-state index is 12.7. The fraction of sp³-hybridized carbons (Fsp3) is 0.500. The van der Waals surface area contributed by atoms with Crippen LogP contribution in [-0.4, -0.2) is 62.9 Å². The van der Waals surface area contributed by atoms with Gasteiger partial charge < -0.3 is 19.7 Å². The van der Waals surface area contributed by atoms with Gasteiger partial charge in [-0.3, -0.25) is 14.4 Å². The number of aromatic amines is 1. The number of carbonyl (C=O) groups is 3. The van der Waals surface area contributed by atoms with Crippen LogP contribution >= 0.6 is 0 Å². The molecule has 3 rings (SSSR count). The highest BCUT2D eigenvalue weighted by molar-refractivity contribution is 6.00. The van der Waals surface area contributed by atoms with Crippen LogP contribution in [0.5, 0.6) is 0 Å². The Morgan fingerprint density at radius 1 is 1.19 bits per heavy atom. The molecule has 2 N–H and O–H groups in total. The van der Waals surface area contributed by atoms with Crippen LogP contribution < -0.4 is 5.56 Å². The molecule has 31 heavy (non-hydrogen) atoms.